The maximum Gasteiger partial charge on any atom is 0.232 e. The molecule has 0 fully saturated rings. The quantitative estimate of drug-likeness (QED) is 0.577. The van der Waals surface area contributed by atoms with Gasteiger partial charge in [0.25, 0.3) is 0 Å². The van der Waals surface area contributed by atoms with Crippen molar-refractivity contribution < 1.29 is 0 Å². The van der Waals surface area contributed by atoms with Crippen LogP contribution in [0.1, 0.15) is 19.4 Å². The Labute approximate surface area is 149 Å². The van der Waals surface area contributed by atoms with Gasteiger partial charge in [0.2, 0.25) is 5.95 Å². The van der Waals surface area contributed by atoms with E-state index >= 15 is 0 Å². The number of aromatic amines is 1. The summed E-state index contributed by atoms with van der Waals surface area (Å²) in [6.07, 6.45) is 5.72. The smallest absolute Gasteiger partial charge is 0.232 e. The van der Waals surface area contributed by atoms with Gasteiger partial charge in [-0.1, -0.05) is 0 Å². The summed E-state index contributed by atoms with van der Waals surface area (Å²) in [7, 11) is 0. The van der Waals surface area contributed by atoms with Crippen LogP contribution in [-0.2, 0) is 0 Å². The van der Waals surface area contributed by atoms with E-state index in [-0.39, 0.29) is 6.17 Å². The zero-order valence-corrected chi connectivity index (χ0v) is 14.8. The Balaban J connectivity index is 1.70. The Morgan fingerprint density at radius 1 is 1.32 bits per heavy atom. The van der Waals surface area contributed by atoms with Crippen LogP contribution in [0.25, 0.3) is 27.2 Å². The second-order valence-electron chi connectivity index (χ2n) is 6.20. The largest absolute Gasteiger partial charge is 0.367 e. The van der Waals surface area contributed by atoms with E-state index < -0.39 is 0 Å². The molecule has 0 aliphatic carbocycles. The van der Waals surface area contributed by atoms with Crippen molar-refractivity contribution in [2.75, 3.05) is 5.73 Å². The first kappa shape index (κ1) is 15.8. The van der Waals surface area contributed by atoms with Gasteiger partial charge in [-0.05, 0) is 43.6 Å². The van der Waals surface area contributed by atoms with Gasteiger partial charge in [-0.3, -0.25) is 10.3 Å². The Bertz CT molecular complexity index is 966. The highest BCUT2D eigenvalue weighted by atomic mass is 32.1. The van der Waals surface area contributed by atoms with Crippen LogP contribution in [0.5, 0.6) is 0 Å². The SMILES string of the molecule is CC(C)NC1C=NC=C(c2c[nH]c3ccc(-c4nc(N)ns4)cc23)N1. The summed E-state index contributed by atoms with van der Waals surface area (Å²) < 4.78 is 4.06. The van der Waals surface area contributed by atoms with E-state index in [1.807, 2.05) is 30.7 Å². The van der Waals surface area contributed by atoms with Crippen LogP contribution in [0.3, 0.4) is 0 Å². The van der Waals surface area contributed by atoms with E-state index in [1.54, 1.807) is 0 Å². The predicted molar refractivity (Wildman–Crippen MR) is 103 cm³/mol. The molecule has 0 radical (unpaired) electrons. The number of hydrogen-bond acceptors (Lipinski definition) is 7. The normalized spacial score (nSPS) is 17.1. The molecule has 0 amide bonds. The third kappa shape index (κ3) is 3.13. The van der Waals surface area contributed by atoms with Gasteiger partial charge in [-0.15, -0.1) is 0 Å². The van der Waals surface area contributed by atoms with Gasteiger partial charge in [-0.25, -0.2) is 0 Å². The van der Waals surface area contributed by atoms with Crippen molar-refractivity contribution in [3.05, 3.63) is 36.2 Å². The van der Waals surface area contributed by atoms with Gasteiger partial charge in [0.05, 0.1) is 11.9 Å². The predicted octanol–water partition coefficient (Wildman–Crippen LogP) is 2.57. The lowest BCUT2D eigenvalue weighted by Gasteiger charge is -2.23. The number of rotatable bonds is 4. The average Bonchev–Trinajstić information content (AvgIpc) is 3.20. The minimum atomic E-state index is 0.0103. The van der Waals surface area contributed by atoms with Gasteiger partial charge >= 0.3 is 0 Å². The first-order chi connectivity index (χ1) is 12.1. The van der Waals surface area contributed by atoms with E-state index in [0.29, 0.717) is 12.0 Å². The number of nitrogens with one attached hydrogen (secondary N) is 3. The van der Waals surface area contributed by atoms with Gasteiger partial charge in [0.1, 0.15) is 11.2 Å². The molecule has 0 saturated heterocycles. The van der Waals surface area contributed by atoms with Crippen LogP contribution >= 0.6 is 11.5 Å². The molecular weight excluding hydrogens is 334 g/mol. The van der Waals surface area contributed by atoms with Crippen LogP contribution in [0.15, 0.2) is 35.6 Å². The molecule has 3 aromatic rings. The van der Waals surface area contributed by atoms with E-state index in [2.05, 4.69) is 49.9 Å². The molecule has 0 spiro atoms. The van der Waals surface area contributed by atoms with Crippen LogP contribution in [-0.4, -0.2) is 32.8 Å². The highest BCUT2D eigenvalue weighted by Crippen LogP contribution is 2.30. The highest BCUT2D eigenvalue weighted by molar-refractivity contribution is 7.09. The number of fused-ring (bicyclic) bond motifs is 1. The van der Waals surface area contributed by atoms with Gasteiger partial charge in [0.15, 0.2) is 0 Å². The maximum atomic E-state index is 5.65. The number of nitrogens with two attached hydrogens (primary N) is 1. The fourth-order valence-corrected chi connectivity index (χ4v) is 3.45. The topological polar surface area (TPSA) is 104 Å². The molecule has 0 bridgehead atoms. The molecule has 5 N–H and O–H groups in total. The van der Waals surface area contributed by atoms with Crippen molar-refractivity contribution in [3.8, 4) is 10.6 Å². The van der Waals surface area contributed by atoms with Crippen LogP contribution in [0.4, 0.5) is 5.95 Å². The first-order valence-electron chi connectivity index (χ1n) is 8.07. The molecule has 1 atom stereocenters. The zero-order valence-electron chi connectivity index (χ0n) is 13.9. The Kier molecular flexibility index (Phi) is 3.98. The molecule has 1 aliphatic rings. The summed E-state index contributed by atoms with van der Waals surface area (Å²) in [6.45, 7) is 4.22. The standard InChI is InChI=1S/C17H19N7S/c1-9(2)21-15-8-19-7-14(22-15)12-6-20-13-4-3-10(5-11(12)13)16-23-17(18)24-25-16/h3-9,15,20-22H,1-2H3,(H2,18,24). The summed E-state index contributed by atoms with van der Waals surface area (Å²) in [5.74, 6) is 0.308. The number of nitrogens with zero attached hydrogens (tertiary/aromatic N) is 3. The number of benzene rings is 1. The van der Waals surface area contributed by atoms with Crippen molar-refractivity contribution >= 4 is 40.3 Å². The van der Waals surface area contributed by atoms with E-state index in [9.17, 15) is 0 Å². The molecule has 1 unspecified atom stereocenters. The molecule has 0 saturated carbocycles. The maximum absolute atomic E-state index is 5.65. The molecule has 3 heterocycles. The molecule has 25 heavy (non-hydrogen) atoms. The van der Waals surface area contributed by atoms with Gasteiger partial charge in [-0.2, -0.15) is 9.36 Å². The lowest BCUT2D eigenvalue weighted by molar-refractivity contribution is 0.520. The average molecular weight is 353 g/mol. The fraction of sp³-hybridized carbons (Fsp3) is 0.235. The number of nitrogen functional groups attached to an aromatic ring is 1. The lowest BCUT2D eigenvalue weighted by atomic mass is 10.1. The third-order valence-corrected chi connectivity index (χ3v) is 4.70. The molecule has 1 aromatic carbocycles. The Morgan fingerprint density at radius 2 is 2.20 bits per heavy atom. The summed E-state index contributed by atoms with van der Waals surface area (Å²) in [6, 6.07) is 6.53. The Morgan fingerprint density at radius 3 is 2.96 bits per heavy atom. The van der Waals surface area contributed by atoms with Gasteiger partial charge < -0.3 is 16.0 Å². The van der Waals surface area contributed by atoms with Crippen molar-refractivity contribution in [1.29, 1.82) is 0 Å². The monoisotopic (exact) mass is 353 g/mol. The molecule has 8 heteroatoms. The number of hydrogen-bond donors (Lipinski definition) is 4. The van der Waals surface area contributed by atoms with Crippen molar-refractivity contribution in [3.63, 3.8) is 0 Å². The number of H-pyrrole nitrogens is 1. The zero-order chi connectivity index (χ0) is 17.4. The van der Waals surface area contributed by atoms with E-state index in [4.69, 9.17) is 5.73 Å². The molecule has 7 nitrogen and oxygen atoms in total. The minimum Gasteiger partial charge on any atom is -0.367 e. The van der Waals surface area contributed by atoms with Crippen LogP contribution in [0.2, 0.25) is 0 Å². The number of aliphatic imine (C=N–C) groups is 1. The second-order valence-corrected chi connectivity index (χ2v) is 6.96. The van der Waals surface area contributed by atoms with Crippen LogP contribution in [0, 0.1) is 0 Å². The first-order valence-corrected chi connectivity index (χ1v) is 8.84. The van der Waals surface area contributed by atoms with Crippen molar-refractivity contribution in [1.82, 2.24) is 25.0 Å². The lowest BCUT2D eigenvalue weighted by Crippen LogP contribution is -2.46. The Hall–Kier alpha value is -2.71. The summed E-state index contributed by atoms with van der Waals surface area (Å²) in [5, 5.41) is 8.81. The summed E-state index contributed by atoms with van der Waals surface area (Å²) in [5.41, 5.74) is 9.75. The van der Waals surface area contributed by atoms with E-state index in [0.717, 1.165) is 32.7 Å². The third-order valence-electron chi connectivity index (χ3n) is 3.92. The molecular formula is C17H19N7S. The van der Waals surface area contributed by atoms with Crippen molar-refractivity contribution in [2.24, 2.45) is 4.99 Å². The van der Waals surface area contributed by atoms with E-state index in [1.165, 1.54) is 11.5 Å². The fourth-order valence-electron chi connectivity index (χ4n) is 2.87. The minimum absolute atomic E-state index is 0.0103. The van der Waals surface area contributed by atoms with Crippen LogP contribution < -0.4 is 16.4 Å². The molecule has 1 aliphatic heterocycles. The molecule has 2 aromatic heterocycles. The highest BCUT2D eigenvalue weighted by Gasteiger charge is 2.17. The summed E-state index contributed by atoms with van der Waals surface area (Å²) in [4.78, 5) is 12.0. The molecule has 4 rings (SSSR count). The molecule has 128 valence electrons. The van der Waals surface area contributed by atoms with Gasteiger partial charge in [0, 0.05) is 40.5 Å². The second kappa shape index (κ2) is 6.30. The number of anilines is 1. The summed E-state index contributed by atoms with van der Waals surface area (Å²) >= 11 is 1.30. The number of aromatic nitrogens is 3. The van der Waals surface area contributed by atoms with Crippen molar-refractivity contribution in [2.45, 2.75) is 26.1 Å².